The van der Waals surface area contributed by atoms with Gasteiger partial charge in [-0.15, -0.1) is 0 Å². The van der Waals surface area contributed by atoms with Gasteiger partial charge in [-0.3, -0.25) is 9.36 Å². The number of aryl methyl sites for hydroxylation is 1. The smallest absolute Gasteiger partial charge is 0.350 e. The summed E-state index contributed by atoms with van der Waals surface area (Å²) >= 11 is 0. The van der Waals surface area contributed by atoms with Crippen LogP contribution >= 0.6 is 0 Å². The van der Waals surface area contributed by atoms with Crippen LogP contribution in [0.25, 0.3) is 0 Å². The number of aromatic nitrogens is 2. The van der Waals surface area contributed by atoms with E-state index in [-0.39, 0.29) is 19.0 Å². The third-order valence-corrected chi connectivity index (χ3v) is 2.76. The molecule has 0 saturated carbocycles. The van der Waals surface area contributed by atoms with Gasteiger partial charge in [0.25, 0.3) is 0 Å². The zero-order valence-electron chi connectivity index (χ0n) is 11.1. The summed E-state index contributed by atoms with van der Waals surface area (Å²) < 4.78 is 6.28. The van der Waals surface area contributed by atoms with Crippen molar-refractivity contribution < 1.29 is 9.53 Å². The Morgan fingerprint density at radius 1 is 1.35 bits per heavy atom. The molecule has 0 aliphatic rings. The Morgan fingerprint density at radius 3 is 2.75 bits per heavy atom. The number of anilines is 1. The van der Waals surface area contributed by atoms with Crippen molar-refractivity contribution in [3.05, 3.63) is 58.1 Å². The van der Waals surface area contributed by atoms with Gasteiger partial charge in [-0.2, -0.15) is 4.98 Å². The second-order valence-corrected chi connectivity index (χ2v) is 4.37. The first-order chi connectivity index (χ1) is 9.56. The predicted molar refractivity (Wildman–Crippen MR) is 73.9 cm³/mol. The molecular weight excluding hydrogens is 258 g/mol. The van der Waals surface area contributed by atoms with Gasteiger partial charge in [0.2, 0.25) is 0 Å². The number of hydrogen-bond acceptors (Lipinski definition) is 5. The largest absolute Gasteiger partial charge is 0.459 e. The number of benzene rings is 1. The fraction of sp³-hybridized carbons (Fsp3) is 0.214. The monoisotopic (exact) mass is 273 g/mol. The lowest BCUT2D eigenvalue weighted by atomic mass is 10.2. The van der Waals surface area contributed by atoms with E-state index in [2.05, 4.69) is 4.98 Å². The minimum absolute atomic E-state index is 0.170. The van der Waals surface area contributed by atoms with Gasteiger partial charge < -0.3 is 10.5 Å². The molecule has 2 aromatic rings. The number of nitrogens with zero attached hydrogens (tertiary/aromatic N) is 2. The van der Waals surface area contributed by atoms with Crippen molar-refractivity contribution in [3.63, 3.8) is 0 Å². The van der Waals surface area contributed by atoms with Gasteiger partial charge in [0.15, 0.2) is 0 Å². The SMILES string of the molecule is Cc1cn(CC(=O)OCc2ccccc2)c(=O)nc1N. The first-order valence-electron chi connectivity index (χ1n) is 6.09. The van der Waals surface area contributed by atoms with Crippen LogP contribution in [0.5, 0.6) is 0 Å². The van der Waals surface area contributed by atoms with Crippen LogP contribution < -0.4 is 11.4 Å². The van der Waals surface area contributed by atoms with Crippen LogP contribution in [-0.2, 0) is 22.7 Å². The summed E-state index contributed by atoms with van der Waals surface area (Å²) in [5, 5.41) is 0. The molecule has 0 radical (unpaired) electrons. The topological polar surface area (TPSA) is 87.2 Å². The van der Waals surface area contributed by atoms with Gasteiger partial charge in [0.1, 0.15) is 19.0 Å². The molecule has 0 saturated heterocycles. The molecule has 104 valence electrons. The third-order valence-electron chi connectivity index (χ3n) is 2.76. The molecule has 1 heterocycles. The van der Waals surface area contributed by atoms with E-state index < -0.39 is 11.7 Å². The number of rotatable bonds is 4. The molecule has 0 bridgehead atoms. The average Bonchev–Trinajstić information content (AvgIpc) is 2.44. The summed E-state index contributed by atoms with van der Waals surface area (Å²) in [6, 6.07) is 9.32. The zero-order chi connectivity index (χ0) is 14.5. The Bertz CT molecular complexity index is 665. The minimum atomic E-state index is -0.565. The fourth-order valence-electron chi connectivity index (χ4n) is 1.65. The Balaban J connectivity index is 1.98. The molecule has 20 heavy (non-hydrogen) atoms. The molecule has 1 aromatic carbocycles. The van der Waals surface area contributed by atoms with Gasteiger partial charge >= 0.3 is 11.7 Å². The molecule has 0 aliphatic heterocycles. The highest BCUT2D eigenvalue weighted by atomic mass is 16.5. The predicted octanol–water partition coefficient (Wildman–Crippen LogP) is 0.877. The Hall–Kier alpha value is -2.63. The molecule has 0 amide bonds. The van der Waals surface area contributed by atoms with E-state index in [1.807, 2.05) is 30.3 Å². The van der Waals surface area contributed by atoms with Crippen molar-refractivity contribution in [3.8, 4) is 0 Å². The first-order valence-corrected chi connectivity index (χ1v) is 6.09. The summed E-state index contributed by atoms with van der Waals surface area (Å²) in [5.74, 6) is -0.328. The number of nitrogen functional groups attached to an aromatic ring is 1. The quantitative estimate of drug-likeness (QED) is 0.835. The third kappa shape index (κ3) is 3.44. The van der Waals surface area contributed by atoms with Crippen LogP contribution in [0, 0.1) is 6.92 Å². The molecule has 6 nitrogen and oxygen atoms in total. The Kier molecular flexibility index (Phi) is 4.14. The maximum atomic E-state index is 11.7. The molecule has 0 unspecified atom stereocenters. The van der Waals surface area contributed by atoms with Crippen LogP contribution in [0.2, 0.25) is 0 Å². The number of carbonyl (C=O) groups excluding carboxylic acids is 1. The van der Waals surface area contributed by atoms with E-state index in [4.69, 9.17) is 10.5 Å². The van der Waals surface area contributed by atoms with Crippen molar-refractivity contribution in [1.82, 2.24) is 9.55 Å². The maximum absolute atomic E-state index is 11.7. The molecule has 1 aromatic heterocycles. The first kappa shape index (κ1) is 13.8. The van der Waals surface area contributed by atoms with Gasteiger partial charge in [-0.1, -0.05) is 30.3 Å². The van der Waals surface area contributed by atoms with Gasteiger partial charge in [0, 0.05) is 11.8 Å². The summed E-state index contributed by atoms with van der Waals surface area (Å²) in [7, 11) is 0. The van der Waals surface area contributed by atoms with Gasteiger partial charge in [0.05, 0.1) is 0 Å². The molecule has 0 atom stereocenters. The van der Waals surface area contributed by atoms with Crippen molar-refractivity contribution in [2.24, 2.45) is 0 Å². The lowest BCUT2D eigenvalue weighted by Gasteiger charge is -2.08. The van der Waals surface area contributed by atoms with Crippen LogP contribution in [0.15, 0.2) is 41.3 Å². The van der Waals surface area contributed by atoms with E-state index in [1.165, 1.54) is 10.8 Å². The van der Waals surface area contributed by atoms with E-state index in [0.29, 0.717) is 5.56 Å². The van der Waals surface area contributed by atoms with Gasteiger partial charge in [-0.05, 0) is 12.5 Å². The summed E-state index contributed by atoms with van der Waals surface area (Å²) in [5.41, 5.74) is 6.48. The molecule has 6 heteroatoms. The maximum Gasteiger partial charge on any atom is 0.350 e. The minimum Gasteiger partial charge on any atom is -0.459 e. The second-order valence-electron chi connectivity index (χ2n) is 4.37. The average molecular weight is 273 g/mol. The number of nitrogens with two attached hydrogens (primary N) is 1. The molecule has 0 aliphatic carbocycles. The summed E-state index contributed by atoms with van der Waals surface area (Å²) in [6.45, 7) is 1.71. The van der Waals surface area contributed by atoms with E-state index >= 15 is 0 Å². The normalized spacial score (nSPS) is 10.2. The molecular formula is C14H15N3O3. The number of hydrogen-bond donors (Lipinski definition) is 1. The van der Waals surface area contributed by atoms with Gasteiger partial charge in [-0.25, -0.2) is 4.79 Å². The number of ether oxygens (including phenoxy) is 1. The highest BCUT2D eigenvalue weighted by Crippen LogP contribution is 2.03. The Labute approximate surface area is 115 Å². The zero-order valence-corrected chi connectivity index (χ0v) is 11.1. The molecule has 2 N–H and O–H groups in total. The van der Waals surface area contributed by atoms with Crippen LogP contribution in [0.4, 0.5) is 5.82 Å². The van der Waals surface area contributed by atoms with Crippen molar-refractivity contribution in [2.45, 2.75) is 20.1 Å². The summed E-state index contributed by atoms with van der Waals surface area (Å²) in [4.78, 5) is 26.9. The number of esters is 1. The van der Waals surface area contributed by atoms with Crippen molar-refractivity contribution >= 4 is 11.8 Å². The lowest BCUT2D eigenvalue weighted by Crippen LogP contribution is -2.28. The molecule has 0 spiro atoms. The molecule has 2 rings (SSSR count). The lowest BCUT2D eigenvalue weighted by molar-refractivity contribution is -0.145. The van der Waals surface area contributed by atoms with E-state index in [9.17, 15) is 9.59 Å². The molecule has 0 fully saturated rings. The van der Waals surface area contributed by atoms with Crippen LogP contribution in [0.1, 0.15) is 11.1 Å². The second kappa shape index (κ2) is 6.01. The standard InChI is InChI=1S/C14H15N3O3/c1-10-7-17(14(19)16-13(10)15)8-12(18)20-9-11-5-3-2-4-6-11/h2-7H,8-9H2,1H3,(H2,15,16,19). The van der Waals surface area contributed by atoms with E-state index in [1.54, 1.807) is 6.92 Å². The Morgan fingerprint density at radius 2 is 2.05 bits per heavy atom. The summed E-state index contributed by atoms with van der Waals surface area (Å²) in [6.07, 6.45) is 1.49. The van der Waals surface area contributed by atoms with Crippen LogP contribution in [0.3, 0.4) is 0 Å². The van der Waals surface area contributed by atoms with E-state index in [0.717, 1.165) is 5.56 Å². The van der Waals surface area contributed by atoms with Crippen molar-refractivity contribution in [2.75, 3.05) is 5.73 Å². The fourth-order valence-corrected chi connectivity index (χ4v) is 1.65. The van der Waals surface area contributed by atoms with Crippen LogP contribution in [-0.4, -0.2) is 15.5 Å². The number of carbonyl (C=O) groups is 1. The van der Waals surface area contributed by atoms with Crippen molar-refractivity contribution in [1.29, 1.82) is 0 Å². The highest BCUT2D eigenvalue weighted by molar-refractivity contribution is 5.69. The highest BCUT2D eigenvalue weighted by Gasteiger charge is 2.08.